The lowest BCUT2D eigenvalue weighted by molar-refractivity contribution is -0.136. The lowest BCUT2D eigenvalue weighted by atomic mass is 9.77. The number of hydrogen-bond donors (Lipinski definition) is 1. The van der Waals surface area contributed by atoms with Crippen LogP contribution in [-0.2, 0) is 10.2 Å². The van der Waals surface area contributed by atoms with Gasteiger partial charge in [-0.1, -0.05) is 25.0 Å². The van der Waals surface area contributed by atoms with Crippen LogP contribution in [0.4, 0.5) is 0 Å². The molecule has 1 aliphatic rings. The predicted molar refractivity (Wildman–Crippen MR) is 92.0 cm³/mol. The summed E-state index contributed by atoms with van der Waals surface area (Å²) in [6.45, 7) is 1.55. The normalized spacial score (nSPS) is 16.0. The second kappa shape index (κ2) is 8.39. The molecule has 0 bridgehead atoms. The minimum atomic E-state index is -0.364. The molecule has 22 heavy (non-hydrogen) atoms. The molecular weight excluding hydrogens is 300 g/mol. The summed E-state index contributed by atoms with van der Waals surface area (Å²) in [4.78, 5) is 14.9. The molecule has 0 saturated heterocycles. The fraction of sp³-hybridized carbons (Fsp3) is 0.588. The van der Waals surface area contributed by atoms with E-state index in [2.05, 4.69) is 11.4 Å². The second-order valence-corrected chi connectivity index (χ2v) is 5.85. The van der Waals surface area contributed by atoms with Crippen molar-refractivity contribution in [3.63, 3.8) is 0 Å². The monoisotopic (exact) mass is 326 g/mol. The summed E-state index contributed by atoms with van der Waals surface area (Å²) in [6, 6.07) is 8.00. The third kappa shape index (κ3) is 3.73. The molecule has 0 unspecified atom stereocenters. The molecule has 0 radical (unpaired) electrons. The first-order chi connectivity index (χ1) is 10.1. The zero-order valence-corrected chi connectivity index (χ0v) is 14.5. The molecule has 0 atom stereocenters. The third-order valence-electron chi connectivity index (χ3n) is 4.53. The summed E-state index contributed by atoms with van der Waals surface area (Å²) in [5.41, 5.74) is 0.734. The van der Waals surface area contributed by atoms with Crippen LogP contribution in [0.2, 0.25) is 0 Å². The van der Waals surface area contributed by atoms with Gasteiger partial charge in [0.1, 0.15) is 5.75 Å². The van der Waals surface area contributed by atoms with Crippen LogP contribution in [-0.4, -0.2) is 45.1 Å². The largest absolute Gasteiger partial charge is 0.497 e. The van der Waals surface area contributed by atoms with Crippen LogP contribution in [0.25, 0.3) is 0 Å². The Bertz CT molecular complexity index is 487. The number of carbonyl (C=O) groups excluding carboxylic acids is 1. The minimum absolute atomic E-state index is 0. The summed E-state index contributed by atoms with van der Waals surface area (Å²) < 4.78 is 5.33. The number of nitrogens with one attached hydrogen (secondary N) is 1. The lowest BCUT2D eigenvalue weighted by Crippen LogP contribution is -2.45. The maximum atomic E-state index is 13.0. The zero-order valence-electron chi connectivity index (χ0n) is 13.7. The van der Waals surface area contributed by atoms with E-state index in [1.807, 2.05) is 37.2 Å². The summed E-state index contributed by atoms with van der Waals surface area (Å²) >= 11 is 0. The van der Waals surface area contributed by atoms with Crippen molar-refractivity contribution in [2.24, 2.45) is 0 Å². The molecule has 2 rings (SSSR count). The van der Waals surface area contributed by atoms with Crippen LogP contribution in [0, 0.1) is 0 Å². The molecule has 0 heterocycles. The Kier molecular flexibility index (Phi) is 7.17. The molecule has 1 fully saturated rings. The van der Waals surface area contributed by atoms with E-state index in [1.54, 1.807) is 7.11 Å². The van der Waals surface area contributed by atoms with Gasteiger partial charge in [0.25, 0.3) is 0 Å². The molecule has 1 N–H and O–H groups in total. The van der Waals surface area contributed by atoms with Crippen LogP contribution in [0.3, 0.4) is 0 Å². The highest BCUT2D eigenvalue weighted by Gasteiger charge is 2.44. The van der Waals surface area contributed by atoms with E-state index in [9.17, 15) is 4.79 Å². The number of likely N-dealkylation sites (N-methyl/N-ethyl adjacent to an activating group) is 2. The maximum absolute atomic E-state index is 13.0. The number of methoxy groups -OCH3 is 1. The maximum Gasteiger partial charge on any atom is 0.233 e. The Morgan fingerprint density at radius 1 is 1.36 bits per heavy atom. The number of ether oxygens (including phenoxy) is 1. The Hall–Kier alpha value is -1.26. The molecule has 1 aromatic carbocycles. The number of benzene rings is 1. The second-order valence-electron chi connectivity index (χ2n) is 5.85. The Morgan fingerprint density at radius 2 is 2.05 bits per heavy atom. The quantitative estimate of drug-likeness (QED) is 0.873. The van der Waals surface area contributed by atoms with Crippen molar-refractivity contribution in [3.8, 4) is 5.75 Å². The van der Waals surface area contributed by atoms with Crippen LogP contribution in [0.15, 0.2) is 24.3 Å². The van der Waals surface area contributed by atoms with Gasteiger partial charge in [-0.25, -0.2) is 0 Å². The van der Waals surface area contributed by atoms with E-state index in [0.29, 0.717) is 0 Å². The molecule has 1 amide bonds. The van der Waals surface area contributed by atoms with Gasteiger partial charge < -0.3 is 15.0 Å². The van der Waals surface area contributed by atoms with Gasteiger partial charge in [0.15, 0.2) is 0 Å². The van der Waals surface area contributed by atoms with Crippen molar-refractivity contribution in [2.45, 2.75) is 31.1 Å². The van der Waals surface area contributed by atoms with Crippen molar-refractivity contribution in [2.75, 3.05) is 34.3 Å². The van der Waals surface area contributed by atoms with Gasteiger partial charge in [-0.3, -0.25) is 4.79 Å². The third-order valence-corrected chi connectivity index (χ3v) is 4.53. The number of carbonyl (C=O) groups is 1. The van der Waals surface area contributed by atoms with Crippen molar-refractivity contribution in [1.82, 2.24) is 10.2 Å². The zero-order chi connectivity index (χ0) is 15.3. The topological polar surface area (TPSA) is 41.6 Å². The molecule has 0 aliphatic heterocycles. The van der Waals surface area contributed by atoms with Gasteiger partial charge in [0.2, 0.25) is 5.91 Å². The minimum Gasteiger partial charge on any atom is -0.497 e. The van der Waals surface area contributed by atoms with E-state index in [1.165, 1.54) is 0 Å². The summed E-state index contributed by atoms with van der Waals surface area (Å²) in [6.07, 6.45) is 4.09. The fourth-order valence-corrected chi connectivity index (χ4v) is 3.27. The molecule has 1 saturated carbocycles. The molecule has 0 spiro atoms. The molecule has 1 aromatic rings. The van der Waals surface area contributed by atoms with Gasteiger partial charge in [-0.15, -0.1) is 12.4 Å². The summed E-state index contributed by atoms with van der Waals surface area (Å²) in [5, 5.41) is 3.10. The van der Waals surface area contributed by atoms with Gasteiger partial charge in [-0.05, 0) is 37.6 Å². The van der Waals surface area contributed by atoms with Crippen molar-refractivity contribution in [1.29, 1.82) is 0 Å². The summed E-state index contributed by atoms with van der Waals surface area (Å²) in [7, 11) is 5.48. The van der Waals surface area contributed by atoms with Crippen molar-refractivity contribution >= 4 is 18.3 Å². The first-order valence-electron chi connectivity index (χ1n) is 7.69. The fourth-order valence-electron chi connectivity index (χ4n) is 3.27. The van der Waals surface area contributed by atoms with E-state index < -0.39 is 0 Å². The van der Waals surface area contributed by atoms with E-state index in [0.717, 1.165) is 50.1 Å². The SMILES string of the molecule is CNCCN(C)C(=O)C1(c2cccc(OC)c2)CCCC1.Cl. The van der Waals surface area contributed by atoms with Crippen molar-refractivity contribution < 1.29 is 9.53 Å². The number of rotatable bonds is 6. The molecule has 124 valence electrons. The van der Waals surface area contributed by atoms with E-state index in [4.69, 9.17) is 4.74 Å². The molecule has 5 heteroatoms. The molecule has 0 aromatic heterocycles. The Balaban J connectivity index is 0.00000242. The highest BCUT2D eigenvalue weighted by Crippen LogP contribution is 2.43. The van der Waals surface area contributed by atoms with Crippen molar-refractivity contribution in [3.05, 3.63) is 29.8 Å². The smallest absolute Gasteiger partial charge is 0.233 e. The van der Waals surface area contributed by atoms with Crippen LogP contribution in [0.1, 0.15) is 31.2 Å². The van der Waals surface area contributed by atoms with E-state index in [-0.39, 0.29) is 23.7 Å². The van der Waals surface area contributed by atoms with E-state index >= 15 is 0 Å². The first-order valence-corrected chi connectivity index (χ1v) is 7.69. The average Bonchev–Trinajstić information content (AvgIpc) is 3.02. The van der Waals surface area contributed by atoms with Crippen LogP contribution in [0.5, 0.6) is 5.75 Å². The number of hydrogen-bond acceptors (Lipinski definition) is 3. The number of nitrogens with zero attached hydrogens (tertiary/aromatic N) is 1. The Morgan fingerprint density at radius 3 is 2.64 bits per heavy atom. The van der Waals surface area contributed by atoms with Crippen LogP contribution < -0.4 is 10.1 Å². The number of halogens is 1. The number of amides is 1. The average molecular weight is 327 g/mol. The van der Waals surface area contributed by atoms with Gasteiger partial charge >= 0.3 is 0 Å². The summed E-state index contributed by atoms with van der Waals surface area (Å²) in [5.74, 6) is 1.06. The predicted octanol–water partition coefficient (Wildman–Crippen LogP) is 2.61. The van der Waals surface area contributed by atoms with Gasteiger partial charge in [-0.2, -0.15) is 0 Å². The highest BCUT2D eigenvalue weighted by molar-refractivity contribution is 5.88. The first kappa shape index (κ1) is 18.8. The molecule has 1 aliphatic carbocycles. The highest BCUT2D eigenvalue weighted by atomic mass is 35.5. The van der Waals surface area contributed by atoms with Gasteiger partial charge in [0, 0.05) is 20.1 Å². The lowest BCUT2D eigenvalue weighted by Gasteiger charge is -2.33. The Labute approximate surface area is 139 Å². The standard InChI is InChI=1S/C17H26N2O2.ClH/c1-18-11-12-19(2)16(20)17(9-4-5-10-17)14-7-6-8-15(13-14)21-3;/h6-8,13,18H,4-5,9-12H2,1-3H3;1H. The van der Waals surface area contributed by atoms with Gasteiger partial charge in [0.05, 0.1) is 12.5 Å². The van der Waals surface area contributed by atoms with Crippen LogP contribution >= 0.6 is 12.4 Å². The molecular formula is C17H27ClN2O2. The molecule has 4 nitrogen and oxygen atoms in total.